The van der Waals surface area contributed by atoms with Crippen LogP contribution in [0.4, 0.5) is 0 Å². The zero-order valence-corrected chi connectivity index (χ0v) is 15.4. The van der Waals surface area contributed by atoms with Crippen LogP contribution in [0, 0.1) is 0 Å². The summed E-state index contributed by atoms with van der Waals surface area (Å²) in [6.45, 7) is 0. The number of benzene rings is 2. The molecule has 2 aromatic carbocycles. The van der Waals surface area contributed by atoms with Gasteiger partial charge in [-0.2, -0.15) is 4.98 Å². The normalized spacial score (nSPS) is 16.7. The Kier molecular flexibility index (Phi) is 4.61. The lowest BCUT2D eigenvalue weighted by molar-refractivity contribution is 0.191. The third-order valence-electron chi connectivity index (χ3n) is 4.62. The van der Waals surface area contributed by atoms with Crippen LogP contribution in [-0.4, -0.2) is 10.1 Å². The van der Waals surface area contributed by atoms with E-state index < -0.39 is 11.6 Å². The summed E-state index contributed by atoms with van der Waals surface area (Å²) in [5.41, 5.74) is 6.66. The Morgan fingerprint density at radius 3 is 2.54 bits per heavy atom. The molecule has 3 aromatic rings. The van der Waals surface area contributed by atoms with Gasteiger partial charge in [-0.1, -0.05) is 64.8 Å². The summed E-state index contributed by atoms with van der Waals surface area (Å²) in [5, 5.41) is 4.84. The van der Waals surface area contributed by atoms with Gasteiger partial charge >= 0.3 is 0 Å². The maximum absolute atomic E-state index is 6.31. The molecule has 0 amide bonds. The lowest BCUT2D eigenvalue weighted by Gasteiger charge is -2.34. The van der Waals surface area contributed by atoms with Gasteiger partial charge in [0.2, 0.25) is 6.10 Å². The van der Waals surface area contributed by atoms with Crippen LogP contribution < -0.4 is 10.5 Å². The second-order valence-electron chi connectivity index (χ2n) is 6.43. The first kappa shape index (κ1) is 17.3. The maximum atomic E-state index is 6.31. The fraction of sp³-hybridized carbons (Fsp3) is 0.263. The van der Waals surface area contributed by atoms with E-state index in [1.165, 1.54) is 0 Å². The number of halogens is 2. The van der Waals surface area contributed by atoms with Crippen LogP contribution in [0.1, 0.15) is 42.6 Å². The zero-order chi connectivity index (χ0) is 18.1. The molecule has 0 saturated heterocycles. The summed E-state index contributed by atoms with van der Waals surface area (Å²) in [6, 6.07) is 14.8. The fourth-order valence-electron chi connectivity index (χ4n) is 2.92. The van der Waals surface area contributed by atoms with Crippen LogP contribution in [0.2, 0.25) is 10.0 Å². The van der Waals surface area contributed by atoms with Crippen molar-refractivity contribution in [3.63, 3.8) is 0 Å². The van der Waals surface area contributed by atoms with E-state index in [0.29, 0.717) is 27.5 Å². The summed E-state index contributed by atoms with van der Waals surface area (Å²) in [4.78, 5) is 4.53. The van der Waals surface area contributed by atoms with Crippen molar-refractivity contribution in [3.8, 4) is 5.75 Å². The van der Waals surface area contributed by atoms with Gasteiger partial charge in [0, 0.05) is 5.56 Å². The second kappa shape index (κ2) is 6.91. The topological polar surface area (TPSA) is 74.2 Å². The fourth-order valence-corrected chi connectivity index (χ4v) is 3.25. The molecule has 1 aliphatic carbocycles. The Labute approximate surface area is 161 Å². The number of hydrogen-bond donors (Lipinski definition) is 1. The predicted molar refractivity (Wildman–Crippen MR) is 99.4 cm³/mol. The van der Waals surface area contributed by atoms with Crippen molar-refractivity contribution in [2.45, 2.75) is 30.9 Å². The van der Waals surface area contributed by atoms with Crippen molar-refractivity contribution < 1.29 is 9.26 Å². The molecule has 1 saturated carbocycles. The molecule has 7 heteroatoms. The van der Waals surface area contributed by atoms with Crippen LogP contribution in [0.25, 0.3) is 0 Å². The second-order valence-corrected chi connectivity index (χ2v) is 7.21. The summed E-state index contributed by atoms with van der Waals surface area (Å²) < 4.78 is 11.6. The van der Waals surface area contributed by atoms with Gasteiger partial charge in [0.05, 0.1) is 10.6 Å². The number of nitrogens with zero attached hydrogens (tertiary/aromatic N) is 2. The van der Waals surface area contributed by atoms with Crippen LogP contribution >= 0.6 is 23.2 Å². The van der Waals surface area contributed by atoms with Gasteiger partial charge in [-0.15, -0.1) is 0 Å². The SMILES string of the molecule is NC1(c2noc(C(Oc3cccc(Cl)c3Cl)c3ccccc3)n2)CCC1. The lowest BCUT2D eigenvalue weighted by Crippen LogP contribution is -2.44. The zero-order valence-electron chi connectivity index (χ0n) is 13.9. The first-order chi connectivity index (χ1) is 12.6. The van der Waals surface area contributed by atoms with Crippen LogP contribution in [0.3, 0.4) is 0 Å². The average molecular weight is 390 g/mol. The van der Waals surface area contributed by atoms with Crippen LogP contribution in [0.15, 0.2) is 53.1 Å². The smallest absolute Gasteiger partial charge is 0.272 e. The molecule has 1 aromatic heterocycles. The van der Waals surface area contributed by atoms with E-state index in [-0.39, 0.29) is 0 Å². The third-order valence-corrected chi connectivity index (χ3v) is 5.42. The van der Waals surface area contributed by atoms with Crippen molar-refractivity contribution in [1.82, 2.24) is 10.1 Å². The Balaban J connectivity index is 1.71. The molecule has 0 bridgehead atoms. The van der Waals surface area contributed by atoms with Crippen molar-refractivity contribution in [2.24, 2.45) is 5.73 Å². The van der Waals surface area contributed by atoms with Gasteiger partial charge in [0.25, 0.3) is 5.89 Å². The van der Waals surface area contributed by atoms with Gasteiger partial charge in [0.1, 0.15) is 10.8 Å². The standard InChI is InChI=1S/C19H17Cl2N3O2/c20-13-8-4-9-14(15(13)21)25-16(12-6-2-1-3-7-12)17-23-18(24-26-17)19(22)10-5-11-19/h1-4,6-9,16H,5,10-11,22H2. The molecular formula is C19H17Cl2N3O2. The molecule has 1 atom stereocenters. The highest BCUT2D eigenvalue weighted by molar-refractivity contribution is 6.42. The molecule has 5 nitrogen and oxygen atoms in total. The molecule has 1 heterocycles. The van der Waals surface area contributed by atoms with Crippen molar-refractivity contribution >= 4 is 23.2 Å². The lowest BCUT2D eigenvalue weighted by atomic mass is 9.77. The molecule has 1 fully saturated rings. The van der Waals surface area contributed by atoms with Crippen LogP contribution in [-0.2, 0) is 5.54 Å². The highest BCUT2D eigenvalue weighted by atomic mass is 35.5. The van der Waals surface area contributed by atoms with Gasteiger partial charge in [-0.25, -0.2) is 0 Å². The molecule has 26 heavy (non-hydrogen) atoms. The molecule has 1 unspecified atom stereocenters. The van der Waals surface area contributed by atoms with E-state index in [9.17, 15) is 0 Å². The van der Waals surface area contributed by atoms with Gasteiger partial charge < -0.3 is 15.0 Å². The summed E-state index contributed by atoms with van der Waals surface area (Å²) >= 11 is 12.4. The Bertz CT molecular complexity index is 910. The minimum atomic E-state index is -0.614. The summed E-state index contributed by atoms with van der Waals surface area (Å²) in [7, 11) is 0. The molecule has 1 aliphatic rings. The van der Waals surface area contributed by atoms with Gasteiger partial charge in [0.15, 0.2) is 5.82 Å². The number of ether oxygens (including phenoxy) is 1. The van der Waals surface area contributed by atoms with E-state index >= 15 is 0 Å². The van der Waals surface area contributed by atoms with Crippen molar-refractivity contribution in [1.29, 1.82) is 0 Å². The van der Waals surface area contributed by atoms with Gasteiger partial charge in [-0.05, 0) is 31.4 Å². The molecule has 4 rings (SSSR count). The summed E-state index contributed by atoms with van der Waals surface area (Å²) in [5.74, 6) is 1.29. The first-order valence-electron chi connectivity index (χ1n) is 8.35. The average Bonchev–Trinajstić information content (AvgIpc) is 3.12. The number of nitrogens with two attached hydrogens (primary N) is 1. The Morgan fingerprint density at radius 1 is 1.08 bits per heavy atom. The van der Waals surface area contributed by atoms with Gasteiger partial charge in [-0.3, -0.25) is 0 Å². The summed E-state index contributed by atoms with van der Waals surface area (Å²) in [6.07, 6.45) is 2.15. The largest absolute Gasteiger partial charge is 0.474 e. The minimum Gasteiger partial charge on any atom is -0.474 e. The quantitative estimate of drug-likeness (QED) is 0.672. The molecule has 0 spiro atoms. The van der Waals surface area contributed by atoms with E-state index in [4.69, 9.17) is 38.2 Å². The highest BCUT2D eigenvalue weighted by Crippen LogP contribution is 2.39. The number of hydrogen-bond acceptors (Lipinski definition) is 5. The molecule has 2 N–H and O–H groups in total. The van der Waals surface area contributed by atoms with Crippen molar-refractivity contribution in [3.05, 3.63) is 75.9 Å². The van der Waals surface area contributed by atoms with E-state index in [2.05, 4.69) is 10.1 Å². The van der Waals surface area contributed by atoms with E-state index in [1.54, 1.807) is 18.2 Å². The third kappa shape index (κ3) is 3.18. The highest BCUT2D eigenvalue weighted by Gasteiger charge is 2.40. The van der Waals surface area contributed by atoms with E-state index in [1.807, 2.05) is 30.3 Å². The molecule has 0 radical (unpaired) electrons. The predicted octanol–water partition coefficient (Wildman–Crippen LogP) is 4.88. The maximum Gasteiger partial charge on any atom is 0.272 e. The minimum absolute atomic E-state index is 0.332. The Morgan fingerprint density at radius 2 is 1.85 bits per heavy atom. The van der Waals surface area contributed by atoms with E-state index in [0.717, 1.165) is 24.8 Å². The van der Waals surface area contributed by atoms with Crippen LogP contribution in [0.5, 0.6) is 5.75 Å². The van der Waals surface area contributed by atoms with Crippen molar-refractivity contribution in [2.75, 3.05) is 0 Å². The molecule has 134 valence electrons. The molecule has 0 aliphatic heterocycles. The first-order valence-corrected chi connectivity index (χ1v) is 9.11. The number of rotatable bonds is 5. The molecular weight excluding hydrogens is 373 g/mol. The Hall–Kier alpha value is -2.08. The number of aromatic nitrogens is 2. The monoisotopic (exact) mass is 389 g/mol.